The molecule has 0 fully saturated rings. The summed E-state index contributed by atoms with van der Waals surface area (Å²) in [5, 5.41) is 0. The number of benzene rings is 1. The molecular weight excluding hydrogens is 382 g/mol. The predicted octanol–water partition coefficient (Wildman–Crippen LogP) is -8.37. The topological polar surface area (TPSA) is 113 Å². The monoisotopic (exact) mass is 386 g/mol. The fourth-order valence-corrected chi connectivity index (χ4v) is 2.86. The summed E-state index contributed by atoms with van der Waals surface area (Å²) >= 11 is 10.1. The number of para-hydroxylation sites is 1. The molecule has 0 amide bonds. The Labute approximate surface area is 192 Å². The maximum atomic E-state index is 11.4. The third kappa shape index (κ3) is 7.23. The molecule has 0 bridgehead atoms. The van der Waals surface area contributed by atoms with Crippen molar-refractivity contribution in [3.8, 4) is 5.75 Å². The van der Waals surface area contributed by atoms with Crippen molar-refractivity contribution in [2.45, 2.75) is 3.82 Å². The zero-order valence-corrected chi connectivity index (χ0v) is 20.3. The van der Waals surface area contributed by atoms with Crippen LogP contribution in [0.25, 0.3) is 0 Å². The van der Waals surface area contributed by atoms with E-state index in [4.69, 9.17) is 23.2 Å². The van der Waals surface area contributed by atoms with Crippen molar-refractivity contribution in [2.75, 3.05) is 0 Å². The molecule has 13 heteroatoms. The molecule has 0 heterocycles. The Hall–Kier alpha value is 2.94. The summed E-state index contributed by atoms with van der Waals surface area (Å²) in [7, 11) is -11.1. The molecule has 0 saturated heterocycles. The Morgan fingerprint density at radius 3 is 1.70 bits per heavy atom. The van der Waals surface area contributed by atoms with Gasteiger partial charge in [-0.25, -0.2) is 0 Å². The number of hydrogen-bond donors (Lipinski definition) is 0. The van der Waals surface area contributed by atoms with Crippen LogP contribution in [0.4, 0.5) is 0 Å². The van der Waals surface area contributed by atoms with Crippen LogP contribution in [0.1, 0.15) is 0 Å². The van der Waals surface area contributed by atoms with E-state index in [2.05, 4.69) is 4.52 Å². The van der Waals surface area contributed by atoms with Gasteiger partial charge in [0.15, 0.2) is 0 Å². The van der Waals surface area contributed by atoms with Crippen molar-refractivity contribution in [3.63, 3.8) is 0 Å². The zero-order chi connectivity index (χ0) is 13.3. The van der Waals surface area contributed by atoms with Crippen LogP contribution < -0.4 is 108 Å². The second kappa shape index (κ2) is 10.7. The van der Waals surface area contributed by atoms with E-state index >= 15 is 0 Å². The zero-order valence-electron chi connectivity index (χ0n) is 11.0. The van der Waals surface area contributed by atoms with Crippen LogP contribution in [0.5, 0.6) is 5.75 Å². The summed E-state index contributed by atoms with van der Waals surface area (Å²) in [4.78, 5) is 32.7. The van der Waals surface area contributed by atoms with Crippen molar-refractivity contribution in [3.05, 3.63) is 30.3 Å². The van der Waals surface area contributed by atoms with Crippen LogP contribution in [0.2, 0.25) is 0 Å². The van der Waals surface area contributed by atoms with Crippen molar-refractivity contribution in [1.29, 1.82) is 0 Å². The predicted molar refractivity (Wildman–Crippen MR) is 56.7 cm³/mol. The van der Waals surface area contributed by atoms with Crippen LogP contribution in [-0.4, -0.2) is 3.82 Å². The van der Waals surface area contributed by atoms with Crippen LogP contribution in [0, 0.1) is 0 Å². The Kier molecular flexibility index (Phi) is 14.9. The molecule has 0 saturated carbocycles. The maximum Gasteiger partial charge on any atom is 1.00 e. The molecule has 1 aromatic carbocycles. The van der Waals surface area contributed by atoms with Crippen molar-refractivity contribution in [1.82, 2.24) is 0 Å². The molecule has 20 heavy (non-hydrogen) atoms. The van der Waals surface area contributed by atoms with Crippen LogP contribution in [0.15, 0.2) is 30.3 Å². The van der Waals surface area contributed by atoms with Gasteiger partial charge in [0, 0.05) is 0 Å². The summed E-state index contributed by atoms with van der Waals surface area (Å²) in [5.41, 5.74) is 0. The number of rotatable bonds is 4. The summed E-state index contributed by atoms with van der Waals surface area (Å²) in [6.07, 6.45) is 0. The fraction of sp³-hybridized carbons (Fsp3) is 0.143. The van der Waals surface area contributed by atoms with Gasteiger partial charge in [-0.3, -0.25) is 4.57 Å². The molecule has 6 nitrogen and oxygen atoms in total. The molecule has 0 N–H and O–H groups in total. The first-order chi connectivity index (χ1) is 7.58. The minimum absolute atomic E-state index is 0. The second-order valence-electron chi connectivity index (χ2n) is 2.91. The number of alkyl halides is 2. The molecular formula is C7H5Cl2Na3O6P2. The Balaban J connectivity index is -0.000000963. The van der Waals surface area contributed by atoms with Crippen LogP contribution >= 0.6 is 38.4 Å². The average Bonchev–Trinajstić information content (AvgIpc) is 2.16. The molecule has 0 aromatic heterocycles. The largest absolute Gasteiger partial charge is 1.00 e. The van der Waals surface area contributed by atoms with Gasteiger partial charge in [-0.2, -0.15) is 0 Å². The van der Waals surface area contributed by atoms with Gasteiger partial charge in [0.1, 0.15) is 5.75 Å². The fourth-order valence-electron chi connectivity index (χ4n) is 0.825. The third-order valence-corrected chi connectivity index (χ3v) is 7.35. The van der Waals surface area contributed by atoms with Crippen LogP contribution in [-0.2, 0) is 9.13 Å². The molecule has 0 aliphatic carbocycles. The minimum atomic E-state index is -5.80. The first kappa shape index (κ1) is 27.8. The first-order valence-electron chi connectivity index (χ1n) is 4.04. The summed E-state index contributed by atoms with van der Waals surface area (Å²) < 4.78 is 22.9. The summed E-state index contributed by atoms with van der Waals surface area (Å²) in [6, 6.07) is 6.91. The van der Waals surface area contributed by atoms with E-state index in [0.717, 1.165) is 0 Å². The van der Waals surface area contributed by atoms with E-state index in [0.29, 0.717) is 0 Å². The standard InChI is InChI=1S/C7H8Cl2O6P2.3Na/c8-7(9,16(10,11)12)17(13,14)15-6-4-2-1-3-5-6;;;/h1-5H,(H,13,14)(H2,10,11,12);;;/q;3*+1/p-3. The second-order valence-corrected chi connectivity index (χ2v) is 9.16. The number of hydrogen-bond acceptors (Lipinski definition) is 6. The quantitative estimate of drug-likeness (QED) is 0.288. The maximum absolute atomic E-state index is 11.4. The van der Waals surface area contributed by atoms with E-state index in [1.165, 1.54) is 24.3 Å². The van der Waals surface area contributed by atoms with Gasteiger partial charge in [-0.15, -0.1) is 0 Å². The summed E-state index contributed by atoms with van der Waals surface area (Å²) in [5.74, 6) is -0.204. The summed E-state index contributed by atoms with van der Waals surface area (Å²) in [6.45, 7) is 0. The number of halogens is 2. The molecule has 1 unspecified atom stereocenters. The molecule has 96 valence electrons. The molecule has 0 aliphatic heterocycles. The van der Waals surface area contributed by atoms with E-state index < -0.39 is 19.0 Å². The van der Waals surface area contributed by atoms with E-state index in [1.807, 2.05) is 0 Å². The molecule has 1 rings (SSSR count). The smallest absolute Gasteiger partial charge is 0.808 e. The van der Waals surface area contributed by atoms with Crippen LogP contribution in [0.3, 0.4) is 0 Å². The Morgan fingerprint density at radius 2 is 1.35 bits per heavy atom. The minimum Gasteiger partial charge on any atom is -0.808 e. The molecule has 0 aliphatic rings. The molecule has 0 spiro atoms. The van der Waals surface area contributed by atoms with Gasteiger partial charge in [-0.1, -0.05) is 41.4 Å². The van der Waals surface area contributed by atoms with Crippen molar-refractivity contribution < 1.29 is 117 Å². The Bertz CT molecular complexity index is 497. The van der Waals surface area contributed by atoms with Gasteiger partial charge in [-0.05, 0) is 19.7 Å². The van der Waals surface area contributed by atoms with Gasteiger partial charge < -0.3 is 23.8 Å². The van der Waals surface area contributed by atoms with Gasteiger partial charge in [0.2, 0.25) is 11.4 Å². The van der Waals surface area contributed by atoms with E-state index in [1.54, 1.807) is 6.07 Å². The molecule has 1 aromatic rings. The Morgan fingerprint density at radius 1 is 0.950 bits per heavy atom. The molecule has 0 radical (unpaired) electrons. The SMILES string of the molecule is O=P([O-])([O-])C(Cl)(Cl)P(=O)([O-])Oc1ccccc1.[Na+].[Na+].[Na+]. The average molecular weight is 387 g/mol. The van der Waals surface area contributed by atoms with E-state index in [9.17, 15) is 23.8 Å². The van der Waals surface area contributed by atoms with Gasteiger partial charge >= 0.3 is 88.7 Å². The van der Waals surface area contributed by atoms with Crippen molar-refractivity contribution in [2.24, 2.45) is 0 Å². The first-order valence-corrected chi connectivity index (χ1v) is 7.88. The normalized spacial score (nSPS) is 13.8. The van der Waals surface area contributed by atoms with E-state index in [-0.39, 0.29) is 94.4 Å². The van der Waals surface area contributed by atoms with Crippen molar-refractivity contribution >= 4 is 38.4 Å². The van der Waals surface area contributed by atoms with Gasteiger partial charge in [0.25, 0.3) is 0 Å². The molecule has 1 atom stereocenters. The third-order valence-electron chi connectivity index (χ3n) is 1.63. The van der Waals surface area contributed by atoms with Gasteiger partial charge in [0.05, 0.1) is 0 Å².